The molecule has 0 aliphatic heterocycles. The molecule has 1 saturated carbocycles. The quantitative estimate of drug-likeness (QED) is 0.890. The fraction of sp³-hybridized carbons (Fsp3) is 0.429. The number of hydrogen-bond acceptors (Lipinski definition) is 2. The minimum Gasteiger partial charge on any atom is -0.481 e. The number of nitrogens with one attached hydrogen (secondary N) is 1. The van der Waals surface area contributed by atoms with Crippen LogP contribution in [0.4, 0.5) is 0 Å². The summed E-state index contributed by atoms with van der Waals surface area (Å²) in [5.41, 5.74) is 0.346. The number of amides is 1. The van der Waals surface area contributed by atoms with Crippen LogP contribution in [0.1, 0.15) is 19.4 Å². The number of hydrogen-bond donors (Lipinski definition) is 2. The van der Waals surface area contributed by atoms with Gasteiger partial charge in [0.25, 0.3) is 0 Å². The minimum atomic E-state index is -0.914. The standard InChI is InChI=1S/C14H16ClNO3/c1-14(2)10(11(14)13(18)19)12(17)16-7-8-5-3-4-6-9(8)15/h3-6,10-11H,7H2,1-2H3,(H,16,17)(H,18,19). The van der Waals surface area contributed by atoms with Gasteiger partial charge in [-0.25, -0.2) is 0 Å². The van der Waals surface area contributed by atoms with Gasteiger partial charge in [0.15, 0.2) is 0 Å². The maximum absolute atomic E-state index is 12.0. The van der Waals surface area contributed by atoms with Gasteiger partial charge in [-0.3, -0.25) is 9.59 Å². The van der Waals surface area contributed by atoms with E-state index < -0.39 is 23.2 Å². The van der Waals surface area contributed by atoms with Crippen molar-refractivity contribution in [3.05, 3.63) is 34.9 Å². The molecule has 2 atom stereocenters. The van der Waals surface area contributed by atoms with Crippen LogP contribution in [-0.2, 0) is 16.1 Å². The molecule has 102 valence electrons. The monoisotopic (exact) mass is 281 g/mol. The van der Waals surface area contributed by atoms with E-state index in [2.05, 4.69) is 5.32 Å². The van der Waals surface area contributed by atoms with Crippen molar-refractivity contribution in [2.75, 3.05) is 0 Å². The Morgan fingerprint density at radius 2 is 1.95 bits per heavy atom. The first-order valence-corrected chi connectivity index (χ1v) is 6.47. The van der Waals surface area contributed by atoms with Crippen LogP contribution in [-0.4, -0.2) is 17.0 Å². The molecule has 0 aromatic heterocycles. The van der Waals surface area contributed by atoms with Gasteiger partial charge in [0, 0.05) is 11.6 Å². The van der Waals surface area contributed by atoms with Crippen molar-refractivity contribution in [2.45, 2.75) is 20.4 Å². The molecule has 1 aromatic carbocycles. The lowest BCUT2D eigenvalue weighted by molar-refractivity contribution is -0.140. The van der Waals surface area contributed by atoms with Crippen molar-refractivity contribution in [3.8, 4) is 0 Å². The molecule has 2 unspecified atom stereocenters. The lowest BCUT2D eigenvalue weighted by Crippen LogP contribution is -2.26. The highest BCUT2D eigenvalue weighted by atomic mass is 35.5. The number of benzene rings is 1. The molecule has 1 fully saturated rings. The topological polar surface area (TPSA) is 66.4 Å². The average Bonchev–Trinajstić information content (AvgIpc) is 2.91. The zero-order valence-corrected chi connectivity index (χ0v) is 11.6. The predicted molar refractivity (Wildman–Crippen MR) is 71.7 cm³/mol. The van der Waals surface area contributed by atoms with Crippen LogP contribution in [0.25, 0.3) is 0 Å². The Labute approximate surface area is 116 Å². The molecule has 4 nitrogen and oxygen atoms in total. The largest absolute Gasteiger partial charge is 0.481 e. The fourth-order valence-corrected chi connectivity index (χ4v) is 2.72. The molecular weight excluding hydrogens is 266 g/mol. The van der Waals surface area contributed by atoms with E-state index in [9.17, 15) is 9.59 Å². The Balaban J connectivity index is 1.97. The lowest BCUT2D eigenvalue weighted by Gasteiger charge is -2.07. The van der Waals surface area contributed by atoms with Crippen molar-refractivity contribution < 1.29 is 14.7 Å². The predicted octanol–water partition coefficient (Wildman–Crippen LogP) is 2.31. The molecular formula is C14H16ClNO3. The van der Waals surface area contributed by atoms with Crippen LogP contribution in [0.5, 0.6) is 0 Å². The Morgan fingerprint density at radius 3 is 2.47 bits per heavy atom. The molecule has 2 rings (SSSR count). The molecule has 1 aromatic rings. The first kappa shape index (κ1) is 13.9. The molecule has 19 heavy (non-hydrogen) atoms. The van der Waals surface area contributed by atoms with E-state index in [0.29, 0.717) is 11.6 Å². The molecule has 0 heterocycles. The van der Waals surface area contributed by atoms with E-state index in [4.69, 9.17) is 16.7 Å². The summed E-state index contributed by atoms with van der Waals surface area (Å²) < 4.78 is 0. The minimum absolute atomic E-state index is 0.225. The number of rotatable bonds is 4. The highest BCUT2D eigenvalue weighted by Crippen LogP contribution is 2.58. The van der Waals surface area contributed by atoms with Crippen LogP contribution < -0.4 is 5.32 Å². The van der Waals surface area contributed by atoms with Crippen molar-refractivity contribution >= 4 is 23.5 Å². The number of carbonyl (C=O) groups excluding carboxylic acids is 1. The summed E-state index contributed by atoms with van der Waals surface area (Å²) in [5, 5.41) is 12.4. The summed E-state index contributed by atoms with van der Waals surface area (Å²) in [5.74, 6) is -2.20. The zero-order valence-electron chi connectivity index (χ0n) is 10.8. The summed E-state index contributed by atoms with van der Waals surface area (Å²) >= 11 is 5.99. The van der Waals surface area contributed by atoms with E-state index in [-0.39, 0.29) is 5.91 Å². The van der Waals surface area contributed by atoms with Gasteiger partial charge in [-0.05, 0) is 17.0 Å². The lowest BCUT2D eigenvalue weighted by atomic mass is 10.1. The molecule has 2 N–H and O–H groups in total. The second-order valence-corrected chi connectivity index (χ2v) is 5.83. The zero-order chi connectivity index (χ0) is 14.2. The van der Waals surface area contributed by atoms with Crippen molar-refractivity contribution in [1.82, 2.24) is 5.32 Å². The third-order valence-corrected chi connectivity index (χ3v) is 4.16. The van der Waals surface area contributed by atoms with Crippen molar-refractivity contribution in [1.29, 1.82) is 0 Å². The van der Waals surface area contributed by atoms with Gasteiger partial charge in [-0.1, -0.05) is 43.6 Å². The highest BCUT2D eigenvalue weighted by molar-refractivity contribution is 6.31. The van der Waals surface area contributed by atoms with Crippen LogP contribution in [0.3, 0.4) is 0 Å². The van der Waals surface area contributed by atoms with Gasteiger partial charge in [-0.15, -0.1) is 0 Å². The van der Waals surface area contributed by atoms with Gasteiger partial charge in [0.05, 0.1) is 11.8 Å². The molecule has 0 bridgehead atoms. The van der Waals surface area contributed by atoms with E-state index in [1.807, 2.05) is 18.2 Å². The van der Waals surface area contributed by atoms with Crippen LogP contribution >= 0.6 is 11.6 Å². The van der Waals surface area contributed by atoms with E-state index >= 15 is 0 Å². The summed E-state index contributed by atoms with van der Waals surface area (Å²) in [6, 6.07) is 7.24. The van der Waals surface area contributed by atoms with E-state index in [0.717, 1.165) is 5.56 Å². The number of halogens is 1. The van der Waals surface area contributed by atoms with Crippen LogP contribution in [0, 0.1) is 17.3 Å². The second kappa shape index (κ2) is 4.85. The molecule has 0 spiro atoms. The Hall–Kier alpha value is -1.55. The number of aliphatic carboxylic acids is 1. The molecule has 1 aliphatic rings. The maximum Gasteiger partial charge on any atom is 0.307 e. The number of carboxylic acids is 1. The maximum atomic E-state index is 12.0. The van der Waals surface area contributed by atoms with Gasteiger partial charge in [-0.2, -0.15) is 0 Å². The second-order valence-electron chi connectivity index (χ2n) is 5.42. The third kappa shape index (κ3) is 2.59. The SMILES string of the molecule is CC1(C)C(C(=O)O)C1C(=O)NCc1ccccc1Cl. The molecule has 1 amide bonds. The smallest absolute Gasteiger partial charge is 0.307 e. The van der Waals surface area contributed by atoms with Crippen LogP contribution in [0.2, 0.25) is 5.02 Å². The summed E-state index contributed by atoms with van der Waals surface area (Å²) in [6.07, 6.45) is 0. The Bertz CT molecular complexity index is 527. The molecule has 0 radical (unpaired) electrons. The van der Waals surface area contributed by atoms with Gasteiger partial charge in [0.2, 0.25) is 5.91 Å². The highest BCUT2D eigenvalue weighted by Gasteiger charge is 2.65. The molecule has 5 heteroatoms. The Kier molecular flexibility index (Phi) is 3.54. The van der Waals surface area contributed by atoms with Gasteiger partial charge >= 0.3 is 5.97 Å². The fourth-order valence-electron chi connectivity index (χ4n) is 2.52. The first-order chi connectivity index (χ1) is 8.85. The molecule has 1 aliphatic carbocycles. The Morgan fingerprint density at radius 1 is 1.32 bits per heavy atom. The summed E-state index contributed by atoms with van der Waals surface area (Å²) in [7, 11) is 0. The first-order valence-electron chi connectivity index (χ1n) is 6.09. The van der Waals surface area contributed by atoms with Gasteiger partial charge in [0.1, 0.15) is 0 Å². The third-order valence-electron chi connectivity index (χ3n) is 3.79. The summed E-state index contributed by atoms with van der Waals surface area (Å²) in [4.78, 5) is 23.0. The van der Waals surface area contributed by atoms with Gasteiger partial charge < -0.3 is 10.4 Å². The van der Waals surface area contributed by atoms with Crippen molar-refractivity contribution in [2.24, 2.45) is 17.3 Å². The van der Waals surface area contributed by atoms with Crippen LogP contribution in [0.15, 0.2) is 24.3 Å². The van der Waals surface area contributed by atoms with Crippen molar-refractivity contribution in [3.63, 3.8) is 0 Å². The number of carbonyl (C=O) groups is 2. The van der Waals surface area contributed by atoms with E-state index in [1.54, 1.807) is 19.9 Å². The van der Waals surface area contributed by atoms with E-state index in [1.165, 1.54) is 0 Å². The summed E-state index contributed by atoms with van der Waals surface area (Å²) in [6.45, 7) is 3.91. The normalized spacial score (nSPS) is 23.7. The molecule has 0 saturated heterocycles. The number of carboxylic acid groups (broad SMARTS) is 1. The average molecular weight is 282 g/mol.